The largest absolute Gasteiger partial charge is 0.343 e. The first-order valence-corrected chi connectivity index (χ1v) is 7.16. The molecule has 3 rings (SSSR count). The first kappa shape index (κ1) is 13.7. The minimum Gasteiger partial charge on any atom is -0.343 e. The van der Waals surface area contributed by atoms with E-state index in [9.17, 15) is 9.59 Å². The first-order chi connectivity index (χ1) is 10.0. The number of aromatic nitrogens is 3. The van der Waals surface area contributed by atoms with E-state index in [4.69, 9.17) is 0 Å². The number of H-pyrrole nitrogens is 1. The molecule has 1 amide bonds. The number of piperidine rings is 1. The van der Waals surface area contributed by atoms with Crippen molar-refractivity contribution >= 4 is 16.9 Å². The molecule has 6 heteroatoms. The van der Waals surface area contributed by atoms with E-state index in [-0.39, 0.29) is 11.5 Å². The second-order valence-corrected chi connectivity index (χ2v) is 5.57. The molecule has 0 spiro atoms. The summed E-state index contributed by atoms with van der Waals surface area (Å²) >= 11 is 0. The van der Waals surface area contributed by atoms with E-state index in [0.29, 0.717) is 22.8 Å². The fourth-order valence-electron chi connectivity index (χ4n) is 2.90. The molecule has 0 bridgehead atoms. The number of carbonyl (C=O) groups excluding carboxylic acids is 1. The van der Waals surface area contributed by atoms with E-state index in [2.05, 4.69) is 15.0 Å². The number of pyridine rings is 1. The smallest absolute Gasteiger partial charge is 0.260 e. The lowest BCUT2D eigenvalue weighted by Gasteiger charge is -2.31. The SMILES string of the molecule is CC(=O)N1CCC(c2cnc3nc(C)[nH]c(=O)c3c2)CC1. The Morgan fingerprint density at radius 1 is 1.38 bits per heavy atom. The highest BCUT2D eigenvalue weighted by Crippen LogP contribution is 2.28. The van der Waals surface area contributed by atoms with E-state index in [1.165, 1.54) is 0 Å². The molecule has 1 aliphatic rings. The van der Waals surface area contributed by atoms with Crippen molar-refractivity contribution in [3.63, 3.8) is 0 Å². The summed E-state index contributed by atoms with van der Waals surface area (Å²) in [5.41, 5.74) is 1.40. The van der Waals surface area contributed by atoms with Gasteiger partial charge in [0.05, 0.1) is 5.39 Å². The molecule has 21 heavy (non-hydrogen) atoms. The van der Waals surface area contributed by atoms with Crippen molar-refractivity contribution in [2.24, 2.45) is 0 Å². The van der Waals surface area contributed by atoms with Gasteiger partial charge in [-0.05, 0) is 37.3 Å². The first-order valence-electron chi connectivity index (χ1n) is 7.16. The van der Waals surface area contributed by atoms with Crippen LogP contribution < -0.4 is 5.56 Å². The summed E-state index contributed by atoms with van der Waals surface area (Å²) in [6, 6.07) is 1.89. The molecule has 3 heterocycles. The zero-order chi connectivity index (χ0) is 15.0. The number of fused-ring (bicyclic) bond motifs is 1. The van der Waals surface area contributed by atoms with Gasteiger partial charge < -0.3 is 9.88 Å². The zero-order valence-electron chi connectivity index (χ0n) is 12.2. The Bertz CT molecular complexity index is 745. The molecule has 0 radical (unpaired) electrons. The Morgan fingerprint density at radius 3 is 2.76 bits per heavy atom. The highest BCUT2D eigenvalue weighted by atomic mass is 16.2. The van der Waals surface area contributed by atoms with Crippen molar-refractivity contribution in [2.45, 2.75) is 32.6 Å². The Balaban J connectivity index is 1.89. The molecular formula is C15H18N4O2. The lowest BCUT2D eigenvalue weighted by Crippen LogP contribution is -2.36. The normalized spacial score (nSPS) is 16.4. The highest BCUT2D eigenvalue weighted by Gasteiger charge is 2.22. The van der Waals surface area contributed by atoms with Gasteiger partial charge in [-0.3, -0.25) is 9.59 Å². The third-order valence-electron chi connectivity index (χ3n) is 4.11. The van der Waals surface area contributed by atoms with Crippen molar-refractivity contribution in [3.8, 4) is 0 Å². The molecule has 6 nitrogen and oxygen atoms in total. The maximum Gasteiger partial charge on any atom is 0.260 e. The van der Waals surface area contributed by atoms with E-state index in [1.807, 2.05) is 17.2 Å². The van der Waals surface area contributed by atoms with Gasteiger partial charge in [0.1, 0.15) is 5.82 Å². The van der Waals surface area contributed by atoms with Gasteiger partial charge in [-0.2, -0.15) is 0 Å². The van der Waals surface area contributed by atoms with Crippen LogP contribution in [-0.4, -0.2) is 38.8 Å². The van der Waals surface area contributed by atoms with Crippen LogP contribution in [0.5, 0.6) is 0 Å². The topological polar surface area (TPSA) is 79.0 Å². The van der Waals surface area contributed by atoms with Crippen LogP contribution in [0.2, 0.25) is 0 Å². The Labute approximate surface area is 122 Å². The Kier molecular flexibility index (Phi) is 3.45. The lowest BCUT2D eigenvalue weighted by atomic mass is 9.90. The van der Waals surface area contributed by atoms with E-state index < -0.39 is 0 Å². The maximum atomic E-state index is 12.0. The highest BCUT2D eigenvalue weighted by molar-refractivity contribution is 5.74. The molecule has 1 N–H and O–H groups in total. The van der Waals surface area contributed by atoms with Gasteiger partial charge in [-0.15, -0.1) is 0 Å². The Morgan fingerprint density at radius 2 is 2.10 bits per heavy atom. The predicted octanol–water partition coefficient (Wildman–Crippen LogP) is 1.35. The van der Waals surface area contributed by atoms with Crippen LogP contribution in [-0.2, 0) is 4.79 Å². The van der Waals surface area contributed by atoms with E-state index >= 15 is 0 Å². The van der Waals surface area contributed by atoms with Gasteiger partial charge in [-0.25, -0.2) is 9.97 Å². The minimum absolute atomic E-state index is 0.126. The van der Waals surface area contributed by atoms with Crippen molar-refractivity contribution < 1.29 is 4.79 Å². The zero-order valence-corrected chi connectivity index (χ0v) is 12.2. The quantitative estimate of drug-likeness (QED) is 0.858. The fourth-order valence-corrected chi connectivity index (χ4v) is 2.90. The summed E-state index contributed by atoms with van der Waals surface area (Å²) in [6.45, 7) is 4.88. The molecule has 0 unspecified atom stereocenters. The van der Waals surface area contributed by atoms with Crippen LogP contribution >= 0.6 is 0 Å². The molecule has 2 aromatic heterocycles. The number of aromatic amines is 1. The maximum absolute atomic E-state index is 12.0. The monoisotopic (exact) mass is 286 g/mol. The van der Waals surface area contributed by atoms with Crippen LogP contribution in [0.15, 0.2) is 17.1 Å². The molecule has 1 fully saturated rings. The second-order valence-electron chi connectivity index (χ2n) is 5.57. The number of hydrogen-bond donors (Lipinski definition) is 1. The van der Waals surface area contributed by atoms with Crippen LogP contribution in [0.4, 0.5) is 0 Å². The summed E-state index contributed by atoms with van der Waals surface area (Å²) in [5, 5.41) is 0.534. The average Bonchev–Trinajstić information content (AvgIpc) is 2.47. The van der Waals surface area contributed by atoms with E-state index in [1.54, 1.807) is 13.8 Å². The number of nitrogens with one attached hydrogen (secondary N) is 1. The number of aryl methyl sites for hydroxylation is 1. The second kappa shape index (κ2) is 5.27. The summed E-state index contributed by atoms with van der Waals surface area (Å²) in [5.74, 6) is 1.04. The van der Waals surface area contributed by atoms with Crippen LogP contribution in [0.3, 0.4) is 0 Å². The van der Waals surface area contributed by atoms with Gasteiger partial charge >= 0.3 is 0 Å². The summed E-state index contributed by atoms with van der Waals surface area (Å²) in [7, 11) is 0. The number of likely N-dealkylation sites (tertiary alicyclic amines) is 1. The molecule has 0 aromatic carbocycles. The van der Waals surface area contributed by atoms with Crippen LogP contribution in [0, 0.1) is 6.92 Å². The summed E-state index contributed by atoms with van der Waals surface area (Å²) < 4.78 is 0. The molecule has 110 valence electrons. The molecule has 0 aliphatic carbocycles. The van der Waals surface area contributed by atoms with Crippen molar-refractivity contribution in [2.75, 3.05) is 13.1 Å². The van der Waals surface area contributed by atoms with Gasteiger partial charge in [0.15, 0.2) is 5.65 Å². The molecule has 0 saturated carbocycles. The minimum atomic E-state index is -0.145. The molecule has 2 aromatic rings. The lowest BCUT2D eigenvalue weighted by molar-refractivity contribution is -0.129. The average molecular weight is 286 g/mol. The predicted molar refractivity (Wildman–Crippen MR) is 79.1 cm³/mol. The van der Waals surface area contributed by atoms with Gasteiger partial charge in [0, 0.05) is 26.2 Å². The molecule has 1 saturated heterocycles. The number of amides is 1. The van der Waals surface area contributed by atoms with Crippen LogP contribution in [0.1, 0.15) is 37.1 Å². The number of nitrogens with zero attached hydrogens (tertiary/aromatic N) is 3. The molecule has 1 aliphatic heterocycles. The van der Waals surface area contributed by atoms with Crippen molar-refractivity contribution in [3.05, 3.63) is 34.0 Å². The van der Waals surface area contributed by atoms with Gasteiger partial charge in [0.2, 0.25) is 5.91 Å². The Hall–Kier alpha value is -2.24. The van der Waals surface area contributed by atoms with Gasteiger partial charge in [0.25, 0.3) is 5.56 Å². The number of rotatable bonds is 1. The third kappa shape index (κ3) is 2.66. The summed E-state index contributed by atoms with van der Waals surface area (Å²) in [6.07, 6.45) is 3.62. The number of hydrogen-bond acceptors (Lipinski definition) is 4. The van der Waals surface area contributed by atoms with E-state index in [0.717, 1.165) is 31.5 Å². The molecular weight excluding hydrogens is 268 g/mol. The molecule has 0 atom stereocenters. The van der Waals surface area contributed by atoms with Gasteiger partial charge in [-0.1, -0.05) is 0 Å². The standard InChI is InChI=1S/C15H18N4O2/c1-9-17-14-13(15(21)18-9)7-12(8-16-14)11-3-5-19(6-4-11)10(2)20/h7-8,11H,3-6H2,1-2H3,(H,16,17,18,21). The summed E-state index contributed by atoms with van der Waals surface area (Å²) in [4.78, 5) is 36.5. The van der Waals surface area contributed by atoms with Crippen molar-refractivity contribution in [1.82, 2.24) is 19.9 Å². The van der Waals surface area contributed by atoms with Crippen molar-refractivity contribution in [1.29, 1.82) is 0 Å². The number of carbonyl (C=O) groups is 1. The third-order valence-corrected chi connectivity index (χ3v) is 4.11. The fraction of sp³-hybridized carbons (Fsp3) is 0.467. The van der Waals surface area contributed by atoms with Crippen LogP contribution in [0.25, 0.3) is 11.0 Å².